The molecule has 0 aliphatic rings. The molecule has 0 aliphatic carbocycles. The van der Waals surface area contributed by atoms with Crippen LogP contribution in [0.3, 0.4) is 0 Å². The van der Waals surface area contributed by atoms with E-state index < -0.39 is 0 Å². The van der Waals surface area contributed by atoms with Crippen molar-refractivity contribution in [2.75, 3.05) is 68.0 Å². The molecule has 0 saturated heterocycles. The first-order chi connectivity index (χ1) is 25.0. The number of rotatable bonds is 35. The lowest BCUT2D eigenvalue weighted by Gasteiger charge is -2.23. The minimum Gasteiger partial charge on any atom is -0.356 e. The van der Waals surface area contributed by atoms with Crippen molar-refractivity contribution in [2.24, 2.45) is 5.92 Å². The van der Waals surface area contributed by atoms with Gasteiger partial charge < -0.3 is 47.9 Å². The van der Waals surface area contributed by atoms with Crippen molar-refractivity contribution < 1.29 is 24.0 Å². The van der Waals surface area contributed by atoms with E-state index in [0.29, 0.717) is 51.5 Å². The Labute approximate surface area is 315 Å². The number of unbranched alkanes of at least 4 members (excludes halogenated alkanes) is 1. The van der Waals surface area contributed by atoms with E-state index in [0.717, 1.165) is 64.7 Å². The molecule has 0 aromatic carbocycles. The average Bonchev–Trinajstić information content (AvgIpc) is 3.07. The van der Waals surface area contributed by atoms with Gasteiger partial charge in [-0.05, 0) is 145 Å². The molecule has 0 heterocycles. The van der Waals surface area contributed by atoms with Crippen LogP contribution in [0.15, 0.2) is 0 Å². The summed E-state index contributed by atoms with van der Waals surface area (Å²) in [6.07, 6.45) is 10.3. The van der Waals surface area contributed by atoms with Crippen LogP contribution in [-0.2, 0) is 24.0 Å². The second-order valence-electron chi connectivity index (χ2n) is 14.4. The molecule has 4 amide bonds. The van der Waals surface area contributed by atoms with Gasteiger partial charge in [-0.25, -0.2) is 0 Å². The standard InChI is InChI=1S/C38H77N9O5/c1-29(14-10-19-39-3)24-36(50)46-34(18-13-22-42-6)28-38(52)45-32(25-30(2)48)15-8-9-23-44-35(49)27-33(17-12-21-41-5)47-37(51)26-31(43-7)16-11-20-40-4/h29,31-34,39-43H,8-28H2,1-7H3,(H,44,49)(H,45,52)(H,46,50)(H,47,51). The normalized spacial score (nSPS) is 14.1. The van der Waals surface area contributed by atoms with Crippen molar-refractivity contribution in [1.29, 1.82) is 0 Å². The summed E-state index contributed by atoms with van der Waals surface area (Å²) in [5.74, 6) is -0.124. The first-order valence-corrected chi connectivity index (χ1v) is 19.9. The summed E-state index contributed by atoms with van der Waals surface area (Å²) in [5.41, 5.74) is 0. The Bertz CT molecular complexity index is 971. The van der Waals surface area contributed by atoms with Crippen molar-refractivity contribution in [3.8, 4) is 0 Å². The fraction of sp³-hybridized carbons (Fsp3) is 0.868. The highest BCUT2D eigenvalue weighted by Gasteiger charge is 2.22. The molecule has 14 nitrogen and oxygen atoms in total. The predicted octanol–water partition coefficient (Wildman–Crippen LogP) is 1.49. The van der Waals surface area contributed by atoms with Crippen molar-refractivity contribution >= 4 is 29.4 Å². The van der Waals surface area contributed by atoms with E-state index in [1.807, 2.05) is 35.2 Å². The van der Waals surface area contributed by atoms with E-state index in [1.165, 1.54) is 6.92 Å². The van der Waals surface area contributed by atoms with Gasteiger partial charge in [-0.2, -0.15) is 0 Å². The highest BCUT2D eigenvalue weighted by Crippen LogP contribution is 2.12. The molecule has 9 N–H and O–H groups in total. The Morgan fingerprint density at radius 3 is 1.27 bits per heavy atom. The van der Waals surface area contributed by atoms with Crippen LogP contribution < -0.4 is 47.9 Å². The summed E-state index contributed by atoms with van der Waals surface area (Å²) in [7, 11) is 9.47. The van der Waals surface area contributed by atoms with Crippen LogP contribution >= 0.6 is 0 Å². The number of carbonyl (C=O) groups excluding carboxylic acids is 5. The zero-order valence-corrected chi connectivity index (χ0v) is 33.8. The summed E-state index contributed by atoms with van der Waals surface area (Å²) in [6, 6.07) is -0.754. The number of Topliss-reactive ketones (excluding diaryl/α,β-unsaturated/α-hetero) is 1. The second-order valence-corrected chi connectivity index (χ2v) is 14.4. The van der Waals surface area contributed by atoms with Gasteiger partial charge in [0.2, 0.25) is 23.6 Å². The molecule has 0 aromatic heterocycles. The lowest BCUT2D eigenvalue weighted by atomic mass is 10.00. The van der Waals surface area contributed by atoms with Gasteiger partial charge in [-0.1, -0.05) is 6.92 Å². The summed E-state index contributed by atoms with van der Waals surface area (Å²) >= 11 is 0. The molecule has 0 bridgehead atoms. The fourth-order valence-corrected chi connectivity index (χ4v) is 6.34. The van der Waals surface area contributed by atoms with E-state index in [2.05, 4.69) is 54.8 Å². The predicted molar refractivity (Wildman–Crippen MR) is 211 cm³/mol. The molecule has 304 valence electrons. The number of nitrogens with one attached hydrogen (secondary N) is 9. The van der Waals surface area contributed by atoms with Crippen LogP contribution in [0.5, 0.6) is 0 Å². The van der Waals surface area contributed by atoms with Gasteiger partial charge in [0, 0.05) is 62.8 Å². The smallest absolute Gasteiger partial charge is 0.222 e. The Balaban J connectivity index is 4.95. The number of amides is 4. The third-order valence-electron chi connectivity index (χ3n) is 9.23. The first-order valence-electron chi connectivity index (χ1n) is 19.9. The van der Waals surface area contributed by atoms with Crippen LogP contribution in [0.4, 0.5) is 0 Å². The van der Waals surface area contributed by atoms with Crippen LogP contribution in [0.2, 0.25) is 0 Å². The highest BCUT2D eigenvalue weighted by atomic mass is 16.2. The van der Waals surface area contributed by atoms with Gasteiger partial charge in [0.25, 0.3) is 0 Å². The van der Waals surface area contributed by atoms with Gasteiger partial charge >= 0.3 is 0 Å². The van der Waals surface area contributed by atoms with Crippen molar-refractivity contribution in [3.05, 3.63) is 0 Å². The number of carbonyl (C=O) groups is 5. The molecule has 0 aromatic rings. The molecule has 0 spiro atoms. The minimum absolute atomic E-state index is 0.00453. The summed E-state index contributed by atoms with van der Waals surface area (Å²) < 4.78 is 0. The highest BCUT2D eigenvalue weighted by molar-refractivity contribution is 5.81. The molecule has 5 atom stereocenters. The van der Waals surface area contributed by atoms with E-state index in [9.17, 15) is 24.0 Å². The van der Waals surface area contributed by atoms with Gasteiger partial charge in [0.05, 0.1) is 0 Å². The quantitative estimate of drug-likeness (QED) is 0.0431. The number of hydrogen-bond donors (Lipinski definition) is 9. The first kappa shape index (κ1) is 49.4. The van der Waals surface area contributed by atoms with Crippen molar-refractivity contribution in [1.82, 2.24) is 47.9 Å². The Morgan fingerprint density at radius 1 is 0.423 bits per heavy atom. The molecule has 0 radical (unpaired) electrons. The van der Waals surface area contributed by atoms with E-state index in [1.54, 1.807) is 0 Å². The molecular weight excluding hydrogens is 662 g/mol. The maximum Gasteiger partial charge on any atom is 0.222 e. The number of ketones is 1. The largest absolute Gasteiger partial charge is 0.356 e. The van der Waals surface area contributed by atoms with Gasteiger partial charge in [0.15, 0.2) is 0 Å². The molecule has 0 aliphatic heterocycles. The topological polar surface area (TPSA) is 194 Å². The van der Waals surface area contributed by atoms with Crippen LogP contribution in [0.1, 0.15) is 117 Å². The zero-order chi connectivity index (χ0) is 39.0. The third kappa shape index (κ3) is 28.9. The van der Waals surface area contributed by atoms with Crippen molar-refractivity contribution in [2.45, 2.75) is 141 Å². The van der Waals surface area contributed by atoms with E-state index >= 15 is 0 Å². The molecule has 14 heteroatoms. The van der Waals surface area contributed by atoms with Crippen LogP contribution in [0.25, 0.3) is 0 Å². The summed E-state index contributed by atoms with van der Waals surface area (Å²) in [6.45, 7) is 7.48. The van der Waals surface area contributed by atoms with Gasteiger partial charge in [-0.3, -0.25) is 24.0 Å². The fourth-order valence-electron chi connectivity index (χ4n) is 6.34. The van der Waals surface area contributed by atoms with Gasteiger partial charge in [-0.15, -0.1) is 0 Å². The zero-order valence-electron chi connectivity index (χ0n) is 33.8. The van der Waals surface area contributed by atoms with Crippen molar-refractivity contribution in [3.63, 3.8) is 0 Å². The van der Waals surface area contributed by atoms with Crippen LogP contribution in [0, 0.1) is 5.92 Å². The number of hydrogen-bond acceptors (Lipinski definition) is 10. The van der Waals surface area contributed by atoms with Gasteiger partial charge in [0.1, 0.15) is 5.78 Å². The third-order valence-corrected chi connectivity index (χ3v) is 9.23. The summed E-state index contributed by atoms with van der Waals surface area (Å²) in [4.78, 5) is 63.7. The SMILES string of the molecule is CNCCCC(C)CC(=O)NC(CCCNC)CC(=O)NC(CCCCNC(=O)CC(CCCNC)NC(=O)CC(CCCNC)NC)CC(C)=O. The van der Waals surface area contributed by atoms with Crippen LogP contribution in [-0.4, -0.2) is 122 Å². The average molecular weight is 740 g/mol. The minimum atomic E-state index is -0.312. The van der Waals surface area contributed by atoms with E-state index in [-0.39, 0.29) is 78.8 Å². The molecule has 5 unspecified atom stereocenters. The lowest BCUT2D eigenvalue weighted by molar-refractivity contribution is -0.126. The molecule has 0 fully saturated rings. The maximum absolute atomic E-state index is 13.1. The Morgan fingerprint density at radius 2 is 0.808 bits per heavy atom. The Hall–Kier alpha value is -2.65. The molecule has 0 saturated carbocycles. The molecule has 52 heavy (non-hydrogen) atoms. The molecular formula is C38H77N9O5. The lowest BCUT2D eigenvalue weighted by Crippen LogP contribution is -2.43. The Kier molecular flexibility index (Phi) is 31.3. The monoisotopic (exact) mass is 740 g/mol. The van der Waals surface area contributed by atoms with E-state index in [4.69, 9.17) is 0 Å². The maximum atomic E-state index is 13.1. The second kappa shape index (κ2) is 33.0. The summed E-state index contributed by atoms with van der Waals surface area (Å²) in [5, 5.41) is 27.9. The molecule has 0 rings (SSSR count).